The van der Waals surface area contributed by atoms with Crippen molar-refractivity contribution in [2.75, 3.05) is 7.05 Å². The molecule has 11 heteroatoms. The van der Waals surface area contributed by atoms with Crippen LogP contribution in [-0.4, -0.2) is 42.2 Å². The number of alkyl halides is 3. The van der Waals surface area contributed by atoms with E-state index in [1.807, 2.05) is 6.92 Å². The van der Waals surface area contributed by atoms with Gasteiger partial charge < -0.3 is 4.90 Å². The zero-order chi connectivity index (χ0) is 19.9. The first-order valence-electron chi connectivity index (χ1n) is 8.02. The minimum absolute atomic E-state index is 0.0288. The van der Waals surface area contributed by atoms with Crippen molar-refractivity contribution in [1.82, 2.24) is 29.3 Å². The summed E-state index contributed by atoms with van der Waals surface area (Å²) in [5.74, 6) is -0.512. The molecular weight excluding hydrogens is 429 g/mol. The molecule has 0 spiro atoms. The van der Waals surface area contributed by atoms with E-state index >= 15 is 0 Å². The maximum atomic E-state index is 13.2. The van der Waals surface area contributed by atoms with Gasteiger partial charge in [0.1, 0.15) is 5.69 Å². The summed E-state index contributed by atoms with van der Waals surface area (Å²) >= 11 is 3.38. The molecule has 144 valence electrons. The third kappa shape index (κ3) is 3.68. The number of hydrogen-bond acceptors (Lipinski definition) is 4. The highest BCUT2D eigenvalue weighted by Crippen LogP contribution is 2.30. The van der Waals surface area contributed by atoms with E-state index in [1.165, 1.54) is 17.9 Å². The molecule has 0 unspecified atom stereocenters. The Morgan fingerprint density at radius 2 is 2.04 bits per heavy atom. The number of rotatable bonds is 4. The minimum atomic E-state index is -4.61. The van der Waals surface area contributed by atoms with Crippen molar-refractivity contribution in [3.63, 3.8) is 0 Å². The van der Waals surface area contributed by atoms with Crippen molar-refractivity contribution in [2.24, 2.45) is 0 Å². The predicted octanol–water partition coefficient (Wildman–Crippen LogP) is 3.31. The maximum absolute atomic E-state index is 13.2. The Hall–Kier alpha value is -2.43. The van der Waals surface area contributed by atoms with E-state index in [0.717, 1.165) is 16.2 Å². The SMILES string of the molecule is CCn1ncc(Br)c1CN(C)C(=O)c1cc2nc(C)cc(C(F)(F)F)n2n1. The summed E-state index contributed by atoms with van der Waals surface area (Å²) in [5, 5.41) is 8.02. The fourth-order valence-corrected chi connectivity index (χ4v) is 3.14. The minimum Gasteiger partial charge on any atom is -0.334 e. The van der Waals surface area contributed by atoms with Gasteiger partial charge in [0.2, 0.25) is 0 Å². The smallest absolute Gasteiger partial charge is 0.334 e. The molecule has 3 aromatic heterocycles. The quantitative estimate of drug-likeness (QED) is 0.618. The monoisotopic (exact) mass is 444 g/mol. The molecule has 0 saturated carbocycles. The summed E-state index contributed by atoms with van der Waals surface area (Å²) in [6.45, 7) is 4.22. The van der Waals surface area contributed by atoms with Crippen LogP contribution in [0.1, 0.15) is 34.5 Å². The van der Waals surface area contributed by atoms with Crippen molar-refractivity contribution in [1.29, 1.82) is 0 Å². The van der Waals surface area contributed by atoms with E-state index in [9.17, 15) is 18.0 Å². The van der Waals surface area contributed by atoms with Gasteiger partial charge >= 0.3 is 6.18 Å². The molecule has 0 aromatic carbocycles. The van der Waals surface area contributed by atoms with Crippen molar-refractivity contribution >= 4 is 27.5 Å². The zero-order valence-electron chi connectivity index (χ0n) is 14.7. The third-order valence-electron chi connectivity index (χ3n) is 4.00. The number of halogens is 4. The first-order chi connectivity index (χ1) is 12.6. The molecule has 3 aromatic rings. The van der Waals surface area contributed by atoms with Crippen LogP contribution in [0.2, 0.25) is 0 Å². The summed E-state index contributed by atoms with van der Waals surface area (Å²) < 4.78 is 42.9. The van der Waals surface area contributed by atoms with E-state index in [4.69, 9.17) is 0 Å². The lowest BCUT2D eigenvalue weighted by Gasteiger charge is -2.17. The Labute approximate surface area is 160 Å². The Kier molecular flexibility index (Phi) is 4.98. The van der Waals surface area contributed by atoms with E-state index < -0.39 is 17.8 Å². The van der Waals surface area contributed by atoms with Crippen LogP contribution in [0.15, 0.2) is 22.8 Å². The van der Waals surface area contributed by atoms with E-state index in [2.05, 4.69) is 31.1 Å². The molecule has 3 rings (SSSR count). The highest BCUT2D eigenvalue weighted by molar-refractivity contribution is 9.10. The van der Waals surface area contributed by atoms with Crippen LogP contribution in [0.4, 0.5) is 13.2 Å². The van der Waals surface area contributed by atoms with Crippen LogP contribution in [0.5, 0.6) is 0 Å². The summed E-state index contributed by atoms with van der Waals surface area (Å²) in [6, 6.07) is 2.15. The fraction of sp³-hybridized carbons (Fsp3) is 0.375. The molecule has 7 nitrogen and oxygen atoms in total. The lowest BCUT2D eigenvalue weighted by Crippen LogP contribution is -2.28. The number of aryl methyl sites for hydroxylation is 2. The molecule has 0 saturated heterocycles. The highest BCUT2D eigenvalue weighted by atomic mass is 79.9. The molecule has 0 aliphatic rings. The first-order valence-corrected chi connectivity index (χ1v) is 8.81. The summed E-state index contributed by atoms with van der Waals surface area (Å²) in [4.78, 5) is 18.1. The van der Waals surface area contributed by atoms with Gasteiger partial charge in [-0.1, -0.05) is 0 Å². The van der Waals surface area contributed by atoms with Crippen molar-refractivity contribution in [3.8, 4) is 0 Å². The summed E-state index contributed by atoms with van der Waals surface area (Å²) in [6.07, 6.45) is -2.98. The number of carbonyl (C=O) groups is 1. The number of fused-ring (bicyclic) bond motifs is 1. The zero-order valence-corrected chi connectivity index (χ0v) is 16.3. The molecule has 27 heavy (non-hydrogen) atoms. The Balaban J connectivity index is 1.95. The number of hydrogen-bond donors (Lipinski definition) is 0. The molecular formula is C16H16BrF3N6O. The van der Waals surface area contributed by atoms with E-state index in [-0.39, 0.29) is 23.6 Å². The van der Waals surface area contributed by atoms with Crippen LogP contribution in [-0.2, 0) is 19.3 Å². The largest absolute Gasteiger partial charge is 0.433 e. The van der Waals surface area contributed by atoms with Crippen molar-refractivity contribution in [2.45, 2.75) is 33.1 Å². The lowest BCUT2D eigenvalue weighted by molar-refractivity contribution is -0.142. The molecule has 1 amide bonds. The number of nitrogens with zero attached hydrogens (tertiary/aromatic N) is 6. The van der Waals surface area contributed by atoms with Gasteiger partial charge in [0.25, 0.3) is 5.91 Å². The topological polar surface area (TPSA) is 68.3 Å². The summed E-state index contributed by atoms with van der Waals surface area (Å²) in [7, 11) is 1.55. The molecule has 0 radical (unpaired) electrons. The van der Waals surface area contributed by atoms with Gasteiger partial charge in [-0.3, -0.25) is 9.48 Å². The molecule has 3 heterocycles. The van der Waals surface area contributed by atoms with Gasteiger partial charge in [-0.25, -0.2) is 9.50 Å². The van der Waals surface area contributed by atoms with Gasteiger partial charge in [-0.15, -0.1) is 0 Å². The van der Waals surface area contributed by atoms with Gasteiger partial charge in [-0.2, -0.15) is 23.4 Å². The van der Waals surface area contributed by atoms with Crippen LogP contribution in [0, 0.1) is 6.92 Å². The third-order valence-corrected chi connectivity index (χ3v) is 4.66. The van der Waals surface area contributed by atoms with Crippen LogP contribution in [0.25, 0.3) is 5.65 Å². The molecule has 0 aliphatic heterocycles. The van der Waals surface area contributed by atoms with E-state index in [1.54, 1.807) is 17.9 Å². The maximum Gasteiger partial charge on any atom is 0.433 e. The average Bonchev–Trinajstić information content (AvgIpc) is 3.16. The second-order valence-electron chi connectivity index (χ2n) is 6.00. The second kappa shape index (κ2) is 6.95. The highest BCUT2D eigenvalue weighted by Gasteiger charge is 2.35. The van der Waals surface area contributed by atoms with Gasteiger partial charge in [0, 0.05) is 25.4 Å². The van der Waals surface area contributed by atoms with Crippen molar-refractivity contribution in [3.05, 3.63) is 45.6 Å². The number of carbonyl (C=O) groups excluding carboxylic acids is 1. The molecule has 0 bridgehead atoms. The second-order valence-corrected chi connectivity index (χ2v) is 6.85. The van der Waals surface area contributed by atoms with Gasteiger partial charge in [0.15, 0.2) is 11.3 Å². The molecule has 0 N–H and O–H groups in total. The fourth-order valence-electron chi connectivity index (χ4n) is 2.72. The summed E-state index contributed by atoms with van der Waals surface area (Å²) in [5.41, 5.74) is -0.142. The predicted molar refractivity (Wildman–Crippen MR) is 94.1 cm³/mol. The Morgan fingerprint density at radius 1 is 1.33 bits per heavy atom. The number of aromatic nitrogens is 5. The number of amides is 1. The average molecular weight is 445 g/mol. The molecule has 0 atom stereocenters. The van der Waals surface area contributed by atoms with E-state index in [0.29, 0.717) is 11.1 Å². The normalized spacial score (nSPS) is 12.0. The lowest BCUT2D eigenvalue weighted by atomic mass is 10.3. The first kappa shape index (κ1) is 19.3. The standard InChI is InChI=1S/C16H16BrF3N6O/c1-4-25-12(10(17)7-21-25)8-24(3)15(27)11-6-14-22-9(2)5-13(16(18,19)20)26(14)23-11/h5-7H,4,8H2,1-3H3. The Morgan fingerprint density at radius 3 is 2.67 bits per heavy atom. The molecule has 0 fully saturated rings. The van der Waals surface area contributed by atoms with Gasteiger partial charge in [-0.05, 0) is 35.8 Å². The van der Waals surface area contributed by atoms with Crippen molar-refractivity contribution < 1.29 is 18.0 Å². The van der Waals surface area contributed by atoms with Crippen LogP contribution < -0.4 is 0 Å². The molecule has 0 aliphatic carbocycles. The van der Waals surface area contributed by atoms with Gasteiger partial charge in [0.05, 0.1) is 22.9 Å². The Bertz CT molecular complexity index is 1010. The van der Waals surface area contributed by atoms with Crippen LogP contribution in [0.3, 0.4) is 0 Å². The van der Waals surface area contributed by atoms with Crippen LogP contribution >= 0.6 is 15.9 Å².